The summed E-state index contributed by atoms with van der Waals surface area (Å²) in [7, 11) is 0. The summed E-state index contributed by atoms with van der Waals surface area (Å²) < 4.78 is 7.70. The van der Waals surface area contributed by atoms with E-state index in [0.29, 0.717) is 11.1 Å². The van der Waals surface area contributed by atoms with E-state index in [0.717, 1.165) is 35.2 Å². The maximum absolute atomic E-state index is 13.2. The van der Waals surface area contributed by atoms with Gasteiger partial charge in [0.25, 0.3) is 5.91 Å². The van der Waals surface area contributed by atoms with Gasteiger partial charge in [-0.1, -0.05) is 18.6 Å². The predicted octanol–water partition coefficient (Wildman–Crippen LogP) is 4.98. The van der Waals surface area contributed by atoms with Crippen molar-refractivity contribution in [3.8, 4) is 5.75 Å². The lowest BCUT2D eigenvalue weighted by Gasteiger charge is -2.23. The van der Waals surface area contributed by atoms with Crippen molar-refractivity contribution in [1.82, 2.24) is 4.57 Å². The summed E-state index contributed by atoms with van der Waals surface area (Å²) in [5.41, 5.74) is 2.80. The largest absolute Gasteiger partial charge is 0.490 e. The van der Waals surface area contributed by atoms with Crippen LogP contribution in [-0.2, 0) is 11.2 Å². The topological polar surface area (TPSA) is 68.5 Å². The average molecular weight is 391 g/mol. The predicted molar refractivity (Wildman–Crippen MR) is 112 cm³/mol. The van der Waals surface area contributed by atoms with Gasteiger partial charge < -0.3 is 9.84 Å². The van der Waals surface area contributed by atoms with Gasteiger partial charge in [-0.2, -0.15) is 0 Å². The van der Waals surface area contributed by atoms with Crippen LogP contribution in [0.3, 0.4) is 0 Å². The summed E-state index contributed by atoms with van der Waals surface area (Å²) in [6.07, 6.45) is 6.10. The Hall–Kier alpha value is -3.08. The second kappa shape index (κ2) is 8.11. The number of aromatic nitrogens is 1. The zero-order valence-corrected chi connectivity index (χ0v) is 16.6. The first kappa shape index (κ1) is 19.2. The number of hydrogen-bond donors (Lipinski definition) is 1. The Balaban J connectivity index is 1.60. The Morgan fingerprint density at radius 2 is 1.79 bits per heavy atom. The Bertz CT molecular complexity index is 1040. The number of carbonyl (C=O) groups excluding carboxylic acids is 1. The van der Waals surface area contributed by atoms with Crippen LogP contribution in [0, 0.1) is 6.92 Å². The molecule has 1 N–H and O–H groups in total. The van der Waals surface area contributed by atoms with Crippen LogP contribution >= 0.6 is 0 Å². The van der Waals surface area contributed by atoms with Gasteiger partial charge in [-0.15, -0.1) is 0 Å². The molecule has 150 valence electrons. The zero-order chi connectivity index (χ0) is 20.4. The number of benzene rings is 2. The molecular weight excluding hydrogens is 366 g/mol. The van der Waals surface area contributed by atoms with E-state index in [9.17, 15) is 9.59 Å². The van der Waals surface area contributed by atoms with Crippen molar-refractivity contribution >= 4 is 22.8 Å². The standard InChI is InChI=1S/C24H25NO4/c1-16-14-21-18(15-23(26)27)6-5-9-22(21)25(16)24(28)17-10-12-20(13-11-17)29-19-7-3-2-4-8-19/h5-6,9-14,19H,2-4,7-8,15H2,1H3,(H,26,27). The minimum Gasteiger partial charge on any atom is -0.490 e. The van der Waals surface area contributed by atoms with E-state index in [2.05, 4.69) is 0 Å². The number of carboxylic acid groups (broad SMARTS) is 1. The van der Waals surface area contributed by atoms with Crippen LogP contribution in [0.25, 0.3) is 10.9 Å². The van der Waals surface area contributed by atoms with Gasteiger partial charge >= 0.3 is 5.97 Å². The lowest BCUT2D eigenvalue weighted by atomic mass is 9.98. The van der Waals surface area contributed by atoms with Crippen LogP contribution in [-0.4, -0.2) is 27.7 Å². The molecule has 0 radical (unpaired) electrons. The number of aryl methyl sites for hydroxylation is 1. The van der Waals surface area contributed by atoms with Crippen LogP contribution in [0.1, 0.15) is 53.7 Å². The van der Waals surface area contributed by atoms with E-state index in [-0.39, 0.29) is 18.4 Å². The van der Waals surface area contributed by atoms with Crippen molar-refractivity contribution < 1.29 is 19.4 Å². The molecule has 0 aliphatic heterocycles. The molecule has 2 aromatic carbocycles. The van der Waals surface area contributed by atoms with E-state index in [4.69, 9.17) is 9.84 Å². The summed E-state index contributed by atoms with van der Waals surface area (Å²) in [5, 5.41) is 9.95. The number of hydrogen-bond acceptors (Lipinski definition) is 3. The minimum atomic E-state index is -0.886. The van der Waals surface area contributed by atoms with Gasteiger partial charge in [0.1, 0.15) is 5.75 Å². The van der Waals surface area contributed by atoms with Crippen molar-refractivity contribution in [3.05, 3.63) is 65.4 Å². The third-order valence-electron chi connectivity index (χ3n) is 5.62. The highest BCUT2D eigenvalue weighted by Crippen LogP contribution is 2.27. The molecule has 1 saturated carbocycles. The average Bonchev–Trinajstić information content (AvgIpc) is 3.05. The molecule has 5 nitrogen and oxygen atoms in total. The fraction of sp³-hybridized carbons (Fsp3) is 0.333. The van der Waals surface area contributed by atoms with Crippen molar-refractivity contribution in [2.24, 2.45) is 0 Å². The molecular formula is C24H25NO4. The summed E-state index contributed by atoms with van der Waals surface area (Å²) in [6.45, 7) is 1.86. The summed E-state index contributed by atoms with van der Waals surface area (Å²) in [4.78, 5) is 24.3. The number of rotatable bonds is 5. The Morgan fingerprint density at radius 1 is 1.07 bits per heavy atom. The second-order valence-electron chi connectivity index (χ2n) is 7.75. The van der Waals surface area contributed by atoms with Crippen molar-refractivity contribution in [1.29, 1.82) is 0 Å². The first-order valence-corrected chi connectivity index (χ1v) is 10.2. The molecule has 5 heteroatoms. The number of nitrogens with zero attached hydrogens (tertiary/aromatic N) is 1. The van der Waals surface area contributed by atoms with Crippen LogP contribution in [0.5, 0.6) is 5.75 Å². The second-order valence-corrected chi connectivity index (χ2v) is 7.75. The number of carbonyl (C=O) groups is 2. The fourth-order valence-electron chi connectivity index (χ4n) is 4.19. The van der Waals surface area contributed by atoms with E-state index < -0.39 is 5.97 Å². The Labute approximate surface area is 169 Å². The van der Waals surface area contributed by atoms with Crippen LogP contribution in [0.2, 0.25) is 0 Å². The molecule has 0 bridgehead atoms. The van der Waals surface area contributed by atoms with E-state index in [1.807, 2.05) is 31.2 Å². The van der Waals surface area contributed by atoms with Crippen molar-refractivity contribution in [2.45, 2.75) is 51.6 Å². The SMILES string of the molecule is Cc1cc2c(CC(=O)O)cccc2n1C(=O)c1ccc(OC2CCCCC2)cc1. The summed E-state index contributed by atoms with van der Waals surface area (Å²) in [5.74, 6) is -0.219. The minimum absolute atomic E-state index is 0.0673. The fourth-order valence-corrected chi connectivity index (χ4v) is 4.19. The Morgan fingerprint density at radius 3 is 2.48 bits per heavy atom. The zero-order valence-electron chi connectivity index (χ0n) is 16.6. The first-order chi connectivity index (χ1) is 14.0. The van der Waals surface area contributed by atoms with Crippen molar-refractivity contribution in [3.63, 3.8) is 0 Å². The maximum Gasteiger partial charge on any atom is 0.307 e. The lowest BCUT2D eigenvalue weighted by molar-refractivity contribution is -0.136. The molecule has 29 heavy (non-hydrogen) atoms. The lowest BCUT2D eigenvalue weighted by Crippen LogP contribution is -2.19. The van der Waals surface area contributed by atoms with Crippen molar-refractivity contribution in [2.75, 3.05) is 0 Å². The maximum atomic E-state index is 13.2. The van der Waals surface area contributed by atoms with E-state index in [1.54, 1.807) is 28.8 Å². The molecule has 0 spiro atoms. The molecule has 1 aliphatic rings. The molecule has 0 saturated heterocycles. The van der Waals surface area contributed by atoms with Gasteiger partial charge in [0.2, 0.25) is 0 Å². The van der Waals surface area contributed by atoms with Gasteiger partial charge in [0.05, 0.1) is 18.0 Å². The third kappa shape index (κ3) is 4.04. The van der Waals surface area contributed by atoms with Crippen LogP contribution < -0.4 is 4.74 Å². The summed E-state index contributed by atoms with van der Waals surface area (Å²) >= 11 is 0. The first-order valence-electron chi connectivity index (χ1n) is 10.2. The smallest absolute Gasteiger partial charge is 0.307 e. The molecule has 1 fully saturated rings. The molecule has 1 aliphatic carbocycles. The monoisotopic (exact) mass is 391 g/mol. The molecule has 0 atom stereocenters. The molecule has 4 rings (SSSR count). The van der Waals surface area contributed by atoms with Gasteiger partial charge in [-0.05, 0) is 74.6 Å². The van der Waals surface area contributed by atoms with Gasteiger partial charge in [0, 0.05) is 16.6 Å². The summed E-state index contributed by atoms with van der Waals surface area (Å²) in [6, 6.07) is 14.6. The molecule has 1 aromatic heterocycles. The number of ether oxygens (including phenoxy) is 1. The van der Waals surface area contributed by atoms with E-state index in [1.165, 1.54) is 19.3 Å². The van der Waals surface area contributed by atoms with Crippen LogP contribution in [0.4, 0.5) is 0 Å². The highest BCUT2D eigenvalue weighted by atomic mass is 16.5. The van der Waals surface area contributed by atoms with E-state index >= 15 is 0 Å². The van der Waals surface area contributed by atoms with Crippen LogP contribution in [0.15, 0.2) is 48.5 Å². The van der Waals surface area contributed by atoms with Gasteiger partial charge in [-0.25, -0.2) is 0 Å². The highest BCUT2D eigenvalue weighted by molar-refractivity contribution is 6.04. The third-order valence-corrected chi connectivity index (χ3v) is 5.62. The molecule has 1 heterocycles. The highest BCUT2D eigenvalue weighted by Gasteiger charge is 2.18. The molecule has 0 unspecified atom stereocenters. The molecule has 0 amide bonds. The Kier molecular flexibility index (Phi) is 5.38. The number of aliphatic carboxylic acids is 1. The number of fused-ring (bicyclic) bond motifs is 1. The molecule has 3 aromatic rings. The van der Waals surface area contributed by atoms with Gasteiger partial charge in [0.15, 0.2) is 0 Å². The van der Waals surface area contributed by atoms with Gasteiger partial charge in [-0.3, -0.25) is 14.2 Å². The normalized spacial score (nSPS) is 14.8. The number of carboxylic acids is 1. The quantitative estimate of drug-likeness (QED) is 0.666.